The van der Waals surface area contributed by atoms with Crippen LogP contribution in [0.1, 0.15) is 25.1 Å². The maximum absolute atomic E-state index is 4.55. The first-order valence-corrected chi connectivity index (χ1v) is 9.41. The Kier molecular flexibility index (Phi) is 6.42. The fourth-order valence-electron chi connectivity index (χ4n) is 3.64. The molecule has 1 aromatic carbocycles. The Morgan fingerprint density at radius 2 is 1.72 bits per heavy atom. The van der Waals surface area contributed by atoms with Gasteiger partial charge < -0.3 is 4.90 Å². The minimum atomic E-state index is 0.409. The monoisotopic (exact) mass is 338 g/mol. The maximum atomic E-state index is 4.55. The standard InChI is InChI=1S/C21H30N4/c1-3-21(20-11-7-8-12-22-20)23(2)13-14-24-15-17-25(18-16-24)19-9-5-4-6-10-19/h4-12,21H,3,13-18H2,1-2H3/t21-/m1/s1. The highest BCUT2D eigenvalue weighted by Crippen LogP contribution is 2.20. The van der Waals surface area contributed by atoms with Gasteiger partial charge >= 0.3 is 0 Å². The zero-order chi connectivity index (χ0) is 17.5. The van der Waals surface area contributed by atoms with Crippen molar-refractivity contribution in [2.45, 2.75) is 19.4 Å². The van der Waals surface area contributed by atoms with Crippen LogP contribution in [0.2, 0.25) is 0 Å². The van der Waals surface area contributed by atoms with Crippen LogP contribution in [0.5, 0.6) is 0 Å². The second-order valence-corrected chi connectivity index (χ2v) is 6.82. The number of aromatic nitrogens is 1. The van der Waals surface area contributed by atoms with E-state index in [1.54, 1.807) is 0 Å². The molecule has 0 saturated carbocycles. The summed E-state index contributed by atoms with van der Waals surface area (Å²) in [7, 11) is 2.23. The lowest BCUT2D eigenvalue weighted by molar-refractivity contribution is 0.178. The van der Waals surface area contributed by atoms with Gasteiger partial charge in [-0.1, -0.05) is 31.2 Å². The van der Waals surface area contributed by atoms with E-state index in [0.29, 0.717) is 6.04 Å². The molecule has 134 valence electrons. The number of benzene rings is 1. The van der Waals surface area contributed by atoms with Crippen LogP contribution >= 0.6 is 0 Å². The lowest BCUT2D eigenvalue weighted by atomic mass is 10.1. The van der Waals surface area contributed by atoms with E-state index in [0.717, 1.165) is 45.7 Å². The van der Waals surface area contributed by atoms with Gasteiger partial charge in [0.1, 0.15) is 0 Å². The van der Waals surface area contributed by atoms with E-state index in [2.05, 4.69) is 76.1 Å². The summed E-state index contributed by atoms with van der Waals surface area (Å²) in [5.41, 5.74) is 2.53. The van der Waals surface area contributed by atoms with Crippen molar-refractivity contribution in [2.24, 2.45) is 0 Å². The molecule has 0 bridgehead atoms. The third kappa shape index (κ3) is 4.80. The Hall–Kier alpha value is -1.91. The second kappa shape index (κ2) is 8.97. The number of rotatable bonds is 7. The molecule has 4 nitrogen and oxygen atoms in total. The number of piperazine rings is 1. The van der Waals surface area contributed by atoms with Crippen molar-refractivity contribution < 1.29 is 0 Å². The molecular weight excluding hydrogens is 308 g/mol. The molecule has 1 aromatic heterocycles. The summed E-state index contributed by atoms with van der Waals surface area (Å²) in [4.78, 5) is 12.1. The van der Waals surface area contributed by atoms with Crippen molar-refractivity contribution >= 4 is 5.69 Å². The molecule has 1 aliphatic rings. The van der Waals surface area contributed by atoms with Crippen LogP contribution in [0.4, 0.5) is 5.69 Å². The summed E-state index contributed by atoms with van der Waals surface area (Å²) >= 11 is 0. The number of nitrogens with zero attached hydrogens (tertiary/aromatic N) is 4. The highest BCUT2D eigenvalue weighted by Gasteiger charge is 2.20. The predicted molar refractivity (Wildman–Crippen MR) is 105 cm³/mol. The van der Waals surface area contributed by atoms with Crippen molar-refractivity contribution in [3.8, 4) is 0 Å². The molecule has 0 N–H and O–H groups in total. The molecule has 1 aliphatic heterocycles. The highest BCUT2D eigenvalue weighted by atomic mass is 15.3. The molecule has 1 fully saturated rings. The molecule has 2 heterocycles. The third-order valence-corrected chi connectivity index (χ3v) is 5.21. The normalized spacial score (nSPS) is 17.0. The van der Waals surface area contributed by atoms with Crippen LogP contribution in [0.25, 0.3) is 0 Å². The van der Waals surface area contributed by atoms with Crippen molar-refractivity contribution in [3.63, 3.8) is 0 Å². The van der Waals surface area contributed by atoms with Crippen molar-refractivity contribution in [2.75, 3.05) is 51.2 Å². The lowest BCUT2D eigenvalue weighted by Crippen LogP contribution is -2.48. The van der Waals surface area contributed by atoms with Gasteiger partial charge in [-0.25, -0.2) is 0 Å². The highest BCUT2D eigenvalue weighted by molar-refractivity contribution is 5.46. The Balaban J connectivity index is 1.46. The molecule has 1 atom stereocenters. The summed E-state index contributed by atoms with van der Waals surface area (Å²) in [6.07, 6.45) is 2.99. The molecular formula is C21H30N4. The summed E-state index contributed by atoms with van der Waals surface area (Å²) in [6, 6.07) is 17.4. The Labute approximate surface area is 152 Å². The number of anilines is 1. The zero-order valence-corrected chi connectivity index (χ0v) is 15.5. The van der Waals surface area contributed by atoms with Gasteiger partial charge in [-0.2, -0.15) is 0 Å². The van der Waals surface area contributed by atoms with Crippen LogP contribution in [0.3, 0.4) is 0 Å². The number of likely N-dealkylation sites (N-methyl/N-ethyl adjacent to an activating group) is 1. The van der Waals surface area contributed by atoms with Gasteiger partial charge in [-0.3, -0.25) is 14.8 Å². The Morgan fingerprint density at radius 3 is 2.36 bits per heavy atom. The largest absolute Gasteiger partial charge is 0.369 e. The number of hydrogen-bond donors (Lipinski definition) is 0. The van der Waals surface area contributed by atoms with Gasteiger partial charge in [0.05, 0.1) is 11.7 Å². The van der Waals surface area contributed by atoms with Gasteiger partial charge in [-0.05, 0) is 37.7 Å². The lowest BCUT2D eigenvalue weighted by Gasteiger charge is -2.37. The number of hydrogen-bond acceptors (Lipinski definition) is 4. The molecule has 3 rings (SSSR count). The van der Waals surface area contributed by atoms with Crippen molar-refractivity contribution in [3.05, 3.63) is 60.4 Å². The SMILES string of the molecule is CC[C@H](c1ccccn1)N(C)CCN1CCN(c2ccccc2)CC1. The van der Waals surface area contributed by atoms with Gasteiger partial charge in [-0.15, -0.1) is 0 Å². The van der Waals surface area contributed by atoms with E-state index < -0.39 is 0 Å². The molecule has 4 heteroatoms. The molecule has 0 spiro atoms. The fraction of sp³-hybridized carbons (Fsp3) is 0.476. The summed E-state index contributed by atoms with van der Waals surface area (Å²) in [6.45, 7) is 8.97. The summed E-state index contributed by atoms with van der Waals surface area (Å²) in [5, 5.41) is 0. The zero-order valence-electron chi connectivity index (χ0n) is 15.5. The van der Waals surface area contributed by atoms with Crippen LogP contribution in [-0.2, 0) is 0 Å². The number of pyridine rings is 1. The second-order valence-electron chi connectivity index (χ2n) is 6.82. The average Bonchev–Trinajstić information content (AvgIpc) is 2.69. The average molecular weight is 338 g/mol. The molecule has 0 radical (unpaired) electrons. The van der Waals surface area contributed by atoms with Crippen LogP contribution in [0.15, 0.2) is 54.7 Å². The topological polar surface area (TPSA) is 22.6 Å². The van der Waals surface area contributed by atoms with E-state index in [9.17, 15) is 0 Å². The first-order chi connectivity index (χ1) is 12.3. The van der Waals surface area contributed by atoms with E-state index in [4.69, 9.17) is 0 Å². The summed E-state index contributed by atoms with van der Waals surface area (Å²) in [5.74, 6) is 0. The first kappa shape index (κ1) is 17.9. The Morgan fingerprint density at radius 1 is 1.00 bits per heavy atom. The molecule has 0 unspecified atom stereocenters. The molecule has 0 amide bonds. The minimum absolute atomic E-state index is 0.409. The van der Waals surface area contributed by atoms with E-state index in [1.165, 1.54) is 11.4 Å². The molecule has 2 aromatic rings. The van der Waals surface area contributed by atoms with E-state index in [1.807, 2.05) is 12.3 Å². The maximum Gasteiger partial charge on any atom is 0.0575 e. The van der Waals surface area contributed by atoms with E-state index in [-0.39, 0.29) is 0 Å². The third-order valence-electron chi connectivity index (χ3n) is 5.21. The predicted octanol–water partition coefficient (Wildman–Crippen LogP) is 3.29. The first-order valence-electron chi connectivity index (χ1n) is 9.41. The molecule has 1 saturated heterocycles. The van der Waals surface area contributed by atoms with Crippen molar-refractivity contribution in [1.82, 2.24) is 14.8 Å². The van der Waals surface area contributed by atoms with Gasteiger partial charge in [0.2, 0.25) is 0 Å². The van der Waals surface area contributed by atoms with Crippen LogP contribution in [-0.4, -0.2) is 61.1 Å². The van der Waals surface area contributed by atoms with Gasteiger partial charge in [0.15, 0.2) is 0 Å². The molecule has 25 heavy (non-hydrogen) atoms. The van der Waals surface area contributed by atoms with Crippen LogP contribution < -0.4 is 4.90 Å². The summed E-state index contributed by atoms with van der Waals surface area (Å²) < 4.78 is 0. The number of para-hydroxylation sites is 1. The Bertz CT molecular complexity index is 608. The van der Waals surface area contributed by atoms with Crippen molar-refractivity contribution in [1.29, 1.82) is 0 Å². The van der Waals surface area contributed by atoms with Gasteiger partial charge in [0.25, 0.3) is 0 Å². The minimum Gasteiger partial charge on any atom is -0.369 e. The smallest absolute Gasteiger partial charge is 0.0575 e. The quantitative estimate of drug-likeness (QED) is 0.773. The molecule has 0 aliphatic carbocycles. The van der Waals surface area contributed by atoms with Gasteiger partial charge in [0, 0.05) is 51.2 Å². The van der Waals surface area contributed by atoms with E-state index >= 15 is 0 Å². The van der Waals surface area contributed by atoms with Crippen LogP contribution in [0, 0.1) is 0 Å². The fourth-order valence-corrected chi connectivity index (χ4v) is 3.64.